The minimum absolute atomic E-state index is 0.000838. The molecule has 0 aromatic carbocycles. The highest BCUT2D eigenvalue weighted by molar-refractivity contribution is 7.97. The molecular formula is C16H26N2O5S. The van der Waals surface area contributed by atoms with Crippen LogP contribution in [0.3, 0.4) is 0 Å². The van der Waals surface area contributed by atoms with Crippen molar-refractivity contribution in [1.82, 2.24) is 10.0 Å². The average Bonchev–Trinajstić information content (AvgIpc) is 2.58. The highest BCUT2D eigenvalue weighted by Crippen LogP contribution is 2.10. The lowest BCUT2D eigenvalue weighted by molar-refractivity contribution is -0.153. The van der Waals surface area contributed by atoms with E-state index >= 15 is 0 Å². The molecular weight excluding hydrogens is 332 g/mol. The van der Waals surface area contributed by atoms with Crippen LogP contribution in [-0.4, -0.2) is 43.5 Å². The Morgan fingerprint density at radius 3 is 2.38 bits per heavy atom. The number of nitrogens with one attached hydrogen (secondary N) is 2. The first-order valence-electron chi connectivity index (χ1n) is 7.72. The van der Waals surface area contributed by atoms with Crippen molar-refractivity contribution in [1.29, 1.82) is 0 Å². The lowest BCUT2D eigenvalue weighted by atomic mass is 10.1. The second-order valence-corrected chi connectivity index (χ2v) is 5.47. The zero-order valence-corrected chi connectivity index (χ0v) is 14.9. The van der Waals surface area contributed by atoms with E-state index in [-0.39, 0.29) is 12.6 Å². The Hall–Kier alpha value is -1.96. The van der Waals surface area contributed by atoms with Crippen molar-refractivity contribution in [2.45, 2.75) is 38.2 Å². The van der Waals surface area contributed by atoms with Gasteiger partial charge >= 0.3 is 18.0 Å². The van der Waals surface area contributed by atoms with Crippen LogP contribution in [0.5, 0.6) is 0 Å². The number of unbranched alkanes of at least 4 members (excludes halogenated alkanes) is 3. The van der Waals surface area contributed by atoms with Gasteiger partial charge in [-0.3, -0.25) is 4.72 Å². The highest BCUT2D eigenvalue weighted by atomic mass is 32.2. The van der Waals surface area contributed by atoms with Gasteiger partial charge in [0.25, 0.3) is 0 Å². The van der Waals surface area contributed by atoms with Crippen LogP contribution in [0.2, 0.25) is 0 Å². The van der Waals surface area contributed by atoms with Gasteiger partial charge in [0.15, 0.2) is 0 Å². The number of urea groups is 1. The molecule has 0 bridgehead atoms. The fraction of sp³-hybridized carbons (Fsp3) is 0.562. The van der Waals surface area contributed by atoms with Crippen molar-refractivity contribution < 1.29 is 23.9 Å². The van der Waals surface area contributed by atoms with E-state index in [0.717, 1.165) is 37.8 Å². The molecule has 0 saturated heterocycles. The maximum Gasteiger partial charge on any atom is 0.330 e. The summed E-state index contributed by atoms with van der Waals surface area (Å²) in [6, 6.07) is -0.192. The van der Waals surface area contributed by atoms with E-state index in [1.165, 1.54) is 11.9 Å². The number of rotatable bonds is 13. The van der Waals surface area contributed by atoms with Gasteiger partial charge in [-0.05, 0) is 19.3 Å². The molecule has 0 radical (unpaired) electrons. The van der Waals surface area contributed by atoms with Crippen LogP contribution in [-0.2, 0) is 19.1 Å². The summed E-state index contributed by atoms with van der Waals surface area (Å²) in [5.74, 6) is -1.09. The predicted octanol–water partition coefficient (Wildman–Crippen LogP) is 2.34. The molecule has 0 fully saturated rings. The molecule has 2 amide bonds. The molecule has 7 nitrogen and oxygen atoms in total. The first-order chi connectivity index (χ1) is 11.5. The van der Waals surface area contributed by atoms with Crippen molar-refractivity contribution in [3.05, 3.63) is 25.3 Å². The van der Waals surface area contributed by atoms with E-state index in [2.05, 4.69) is 23.2 Å². The molecule has 136 valence electrons. The summed E-state index contributed by atoms with van der Waals surface area (Å²) in [6.45, 7) is 7.26. The number of carbonyl (C=O) groups excluding carboxylic acids is 3. The van der Waals surface area contributed by atoms with Crippen molar-refractivity contribution >= 4 is 29.9 Å². The Labute approximate surface area is 147 Å². The zero-order chi connectivity index (χ0) is 18.2. The topological polar surface area (TPSA) is 93.7 Å². The average molecular weight is 358 g/mol. The van der Waals surface area contributed by atoms with Gasteiger partial charge in [0.05, 0.1) is 0 Å². The molecule has 2 N–H and O–H groups in total. The van der Waals surface area contributed by atoms with Crippen LogP contribution < -0.4 is 10.0 Å². The molecule has 0 aliphatic carbocycles. The number of esters is 2. The van der Waals surface area contributed by atoms with Gasteiger partial charge < -0.3 is 14.8 Å². The molecule has 8 heteroatoms. The van der Waals surface area contributed by atoms with E-state index in [1.54, 1.807) is 6.26 Å². The largest absolute Gasteiger partial charge is 0.459 e. The fourth-order valence-electron chi connectivity index (χ4n) is 1.80. The minimum Gasteiger partial charge on any atom is -0.459 e. The van der Waals surface area contributed by atoms with Crippen LogP contribution >= 0.6 is 11.9 Å². The van der Waals surface area contributed by atoms with Crippen LogP contribution in [0.1, 0.15) is 32.1 Å². The second kappa shape index (κ2) is 14.6. The Kier molecular flexibility index (Phi) is 13.4. The van der Waals surface area contributed by atoms with Gasteiger partial charge in [-0.15, -0.1) is 0 Å². The lowest BCUT2D eigenvalue weighted by Gasteiger charge is -2.16. The normalized spacial score (nSPS) is 11.0. The molecule has 0 heterocycles. The second-order valence-electron chi connectivity index (χ2n) is 4.86. The van der Waals surface area contributed by atoms with Gasteiger partial charge in [-0.1, -0.05) is 37.9 Å². The van der Waals surface area contributed by atoms with Gasteiger partial charge in [-0.2, -0.15) is 0 Å². The molecule has 0 rings (SSSR count). The standard InChI is InChI=1S/C16H26N2O5S/c1-4-14(19)22-12-13(23-15(20)5-2)10-8-6-7-9-11-17-16(21)18-24-3/h4-5,13H,1-2,6-12H2,3H3,(H2,17,18,21). The Bertz CT molecular complexity index is 429. The zero-order valence-electron chi connectivity index (χ0n) is 14.0. The molecule has 0 aliphatic rings. The van der Waals surface area contributed by atoms with Crippen LogP contribution in [0.15, 0.2) is 25.3 Å². The summed E-state index contributed by atoms with van der Waals surface area (Å²) < 4.78 is 12.6. The highest BCUT2D eigenvalue weighted by Gasteiger charge is 2.14. The summed E-state index contributed by atoms with van der Waals surface area (Å²) in [6.07, 6.45) is 7.55. The third-order valence-corrected chi connectivity index (χ3v) is 3.35. The van der Waals surface area contributed by atoms with Crippen molar-refractivity contribution in [2.75, 3.05) is 19.4 Å². The number of amides is 2. The third-order valence-electron chi connectivity index (χ3n) is 2.96. The van der Waals surface area contributed by atoms with Crippen LogP contribution in [0.4, 0.5) is 4.79 Å². The third kappa shape index (κ3) is 12.6. The van der Waals surface area contributed by atoms with Crippen LogP contribution in [0, 0.1) is 0 Å². The minimum atomic E-state index is -0.552. The molecule has 0 aromatic heterocycles. The van der Waals surface area contributed by atoms with E-state index in [4.69, 9.17) is 9.47 Å². The van der Waals surface area contributed by atoms with E-state index in [1.807, 2.05) is 0 Å². The molecule has 0 aliphatic heterocycles. The SMILES string of the molecule is C=CC(=O)OCC(CCCCCCNC(=O)NSC)OC(=O)C=C. The van der Waals surface area contributed by atoms with Crippen molar-refractivity contribution in [3.63, 3.8) is 0 Å². The van der Waals surface area contributed by atoms with Gasteiger partial charge in [0.2, 0.25) is 0 Å². The first kappa shape index (κ1) is 22.0. The maximum atomic E-state index is 11.3. The Morgan fingerprint density at radius 1 is 1.08 bits per heavy atom. The molecule has 0 saturated carbocycles. The van der Waals surface area contributed by atoms with Crippen LogP contribution in [0.25, 0.3) is 0 Å². The van der Waals surface area contributed by atoms with Crippen molar-refractivity contribution in [3.8, 4) is 0 Å². The van der Waals surface area contributed by atoms with Gasteiger partial charge in [-0.25, -0.2) is 14.4 Å². The van der Waals surface area contributed by atoms with Gasteiger partial charge in [0, 0.05) is 25.0 Å². The Balaban J connectivity index is 3.89. The number of hydrogen-bond acceptors (Lipinski definition) is 6. The van der Waals surface area contributed by atoms with E-state index < -0.39 is 18.0 Å². The predicted molar refractivity (Wildman–Crippen MR) is 94.4 cm³/mol. The summed E-state index contributed by atoms with van der Waals surface area (Å²) in [5, 5.41) is 2.74. The number of hydrogen-bond donors (Lipinski definition) is 2. The molecule has 1 atom stereocenters. The molecule has 1 unspecified atom stereocenters. The fourth-order valence-corrected chi connectivity index (χ4v) is 2.06. The number of ether oxygens (including phenoxy) is 2. The molecule has 0 aromatic rings. The summed E-state index contributed by atoms with van der Waals surface area (Å²) in [4.78, 5) is 33.5. The lowest BCUT2D eigenvalue weighted by Crippen LogP contribution is -2.31. The Morgan fingerprint density at radius 2 is 1.75 bits per heavy atom. The summed E-state index contributed by atoms with van der Waals surface area (Å²) in [7, 11) is 0. The van der Waals surface area contributed by atoms with E-state index in [0.29, 0.717) is 13.0 Å². The van der Waals surface area contributed by atoms with Gasteiger partial charge in [0.1, 0.15) is 12.7 Å². The van der Waals surface area contributed by atoms with E-state index in [9.17, 15) is 14.4 Å². The number of carbonyl (C=O) groups is 3. The smallest absolute Gasteiger partial charge is 0.330 e. The molecule has 24 heavy (non-hydrogen) atoms. The summed E-state index contributed by atoms with van der Waals surface area (Å²) in [5.41, 5.74) is 0. The summed E-state index contributed by atoms with van der Waals surface area (Å²) >= 11 is 1.25. The maximum absolute atomic E-state index is 11.3. The monoisotopic (exact) mass is 358 g/mol. The molecule has 0 spiro atoms. The first-order valence-corrected chi connectivity index (χ1v) is 8.95. The van der Waals surface area contributed by atoms with Crippen molar-refractivity contribution in [2.24, 2.45) is 0 Å². The quantitative estimate of drug-likeness (QED) is 0.227.